The van der Waals surface area contributed by atoms with E-state index in [1.807, 2.05) is 11.3 Å². The van der Waals surface area contributed by atoms with E-state index in [2.05, 4.69) is 243 Å². The number of benzene rings is 8. The van der Waals surface area contributed by atoms with Crippen LogP contribution < -0.4 is 4.90 Å². The summed E-state index contributed by atoms with van der Waals surface area (Å²) in [4.78, 5) is 5.18. The molecule has 4 heteroatoms. The predicted octanol–water partition coefficient (Wildman–Crippen LogP) is 16.8. The van der Waals surface area contributed by atoms with Crippen molar-refractivity contribution in [3.8, 4) is 50.3 Å². The van der Waals surface area contributed by atoms with E-state index in [1.54, 1.807) is 0 Å². The average molecular weight is 872 g/mol. The van der Waals surface area contributed by atoms with Crippen molar-refractivity contribution in [2.24, 2.45) is 0 Å². The molecule has 2 aromatic heterocycles. The summed E-state index contributed by atoms with van der Waals surface area (Å²) < 4.78 is 5.08. The molecule has 8 aromatic carbocycles. The normalized spacial score (nSPS) is 14.3. The van der Waals surface area contributed by atoms with Crippen molar-refractivity contribution >= 4 is 48.7 Å². The van der Waals surface area contributed by atoms with Crippen LogP contribution >= 0.6 is 11.3 Å². The number of nitrogens with zero attached hydrogens (tertiary/aromatic N) is 3. The maximum Gasteiger partial charge on any atom is 0.122 e. The van der Waals surface area contributed by atoms with Gasteiger partial charge in [-0.15, -0.1) is 11.3 Å². The average Bonchev–Trinajstić information content (AvgIpc) is 4.02. The minimum atomic E-state index is -0.224. The van der Waals surface area contributed by atoms with Crippen molar-refractivity contribution in [1.82, 2.24) is 9.47 Å². The van der Waals surface area contributed by atoms with Crippen molar-refractivity contribution in [2.45, 2.75) is 58.5 Å². The molecule has 3 heterocycles. The summed E-state index contributed by atoms with van der Waals surface area (Å²) in [5.74, 6) is 1.08. The Morgan fingerprint density at radius 1 is 0.530 bits per heavy atom. The van der Waals surface area contributed by atoms with Crippen LogP contribution in [0.25, 0.3) is 70.5 Å². The van der Waals surface area contributed by atoms with Gasteiger partial charge in [-0.1, -0.05) is 147 Å². The number of hydrogen-bond acceptors (Lipinski definition) is 3. The highest BCUT2D eigenvalue weighted by molar-refractivity contribution is 7.25. The van der Waals surface area contributed by atoms with E-state index in [9.17, 15) is 0 Å². The first-order valence-electron chi connectivity index (χ1n) is 23.4. The lowest BCUT2D eigenvalue weighted by atomic mass is 9.80. The zero-order chi connectivity index (χ0) is 44.7. The van der Waals surface area contributed by atoms with Crippen LogP contribution in [0.1, 0.15) is 56.9 Å². The van der Waals surface area contributed by atoms with Crippen LogP contribution in [-0.2, 0) is 18.4 Å². The summed E-state index contributed by atoms with van der Waals surface area (Å²) in [7, 11) is 0. The van der Waals surface area contributed by atoms with Gasteiger partial charge in [-0.3, -0.25) is 14.4 Å². The molecule has 2 aliphatic rings. The van der Waals surface area contributed by atoms with E-state index < -0.39 is 0 Å². The van der Waals surface area contributed by atoms with Crippen LogP contribution in [0, 0.1) is 0 Å². The fraction of sp³-hybridized carbons (Fsp3) is 0.161. The minimum Gasteiger partial charge on any atom is -0.296 e. The molecule has 12 rings (SSSR count). The van der Waals surface area contributed by atoms with Crippen molar-refractivity contribution < 1.29 is 0 Å². The molecule has 0 amide bonds. The van der Waals surface area contributed by atoms with Gasteiger partial charge in [0.2, 0.25) is 0 Å². The molecule has 0 atom stereocenters. The van der Waals surface area contributed by atoms with Gasteiger partial charge in [0, 0.05) is 66.8 Å². The van der Waals surface area contributed by atoms with Gasteiger partial charge in [0.1, 0.15) is 5.82 Å². The fourth-order valence-corrected chi connectivity index (χ4v) is 12.1. The molecular formula is C62H53N3S. The second kappa shape index (κ2) is 15.6. The lowest BCUT2D eigenvalue weighted by Gasteiger charge is -2.40. The van der Waals surface area contributed by atoms with Gasteiger partial charge in [-0.25, -0.2) is 0 Å². The molecule has 322 valence electrons. The van der Waals surface area contributed by atoms with Crippen molar-refractivity contribution in [3.05, 3.63) is 216 Å². The van der Waals surface area contributed by atoms with E-state index in [0.717, 1.165) is 48.1 Å². The lowest BCUT2D eigenvalue weighted by molar-refractivity contribution is 0.121. The van der Waals surface area contributed by atoms with Crippen LogP contribution in [0.3, 0.4) is 0 Å². The third-order valence-electron chi connectivity index (χ3n) is 14.4. The van der Waals surface area contributed by atoms with E-state index in [4.69, 9.17) is 0 Å². The summed E-state index contributed by atoms with van der Waals surface area (Å²) in [5.41, 5.74) is 18.9. The predicted molar refractivity (Wildman–Crippen MR) is 281 cm³/mol. The zero-order valence-corrected chi connectivity index (χ0v) is 39.2. The van der Waals surface area contributed by atoms with Gasteiger partial charge in [0.15, 0.2) is 0 Å². The number of anilines is 3. The van der Waals surface area contributed by atoms with Crippen molar-refractivity contribution in [1.29, 1.82) is 0 Å². The second-order valence-corrected chi connectivity index (χ2v) is 20.8. The Bertz CT molecular complexity index is 3460. The molecule has 0 radical (unpaired) electrons. The van der Waals surface area contributed by atoms with Gasteiger partial charge in [0.25, 0.3) is 0 Å². The lowest BCUT2D eigenvalue weighted by Crippen LogP contribution is -2.44. The highest BCUT2D eigenvalue weighted by Crippen LogP contribution is 2.55. The van der Waals surface area contributed by atoms with Gasteiger partial charge < -0.3 is 0 Å². The summed E-state index contributed by atoms with van der Waals surface area (Å²) >= 11 is 1.87. The molecule has 0 bridgehead atoms. The van der Waals surface area contributed by atoms with Crippen LogP contribution in [-0.4, -0.2) is 21.6 Å². The summed E-state index contributed by atoms with van der Waals surface area (Å²) in [6.07, 6.45) is 1.05. The monoisotopic (exact) mass is 871 g/mol. The number of para-hydroxylation sites is 1. The molecule has 0 N–H and O–H groups in total. The van der Waals surface area contributed by atoms with E-state index in [-0.39, 0.29) is 11.0 Å². The van der Waals surface area contributed by atoms with E-state index >= 15 is 0 Å². The quantitative estimate of drug-likeness (QED) is 0.158. The first-order valence-corrected chi connectivity index (χ1v) is 24.2. The first kappa shape index (κ1) is 40.5. The van der Waals surface area contributed by atoms with Crippen LogP contribution in [0.2, 0.25) is 0 Å². The molecule has 66 heavy (non-hydrogen) atoms. The van der Waals surface area contributed by atoms with E-state index in [0.29, 0.717) is 0 Å². The molecule has 0 saturated carbocycles. The highest BCUT2D eigenvalue weighted by atomic mass is 32.1. The molecule has 1 aliphatic heterocycles. The smallest absolute Gasteiger partial charge is 0.122 e. The molecule has 1 aliphatic carbocycles. The number of hydrogen-bond donors (Lipinski definition) is 0. The maximum absolute atomic E-state index is 2.66. The van der Waals surface area contributed by atoms with Crippen LogP contribution in [0.4, 0.5) is 17.2 Å². The third kappa shape index (κ3) is 6.65. The summed E-state index contributed by atoms with van der Waals surface area (Å²) in [6, 6.07) is 72.5. The topological polar surface area (TPSA) is 11.4 Å². The molecule has 0 fully saturated rings. The molecular weight excluding hydrogens is 819 g/mol. The highest BCUT2D eigenvalue weighted by Gasteiger charge is 2.39. The van der Waals surface area contributed by atoms with Gasteiger partial charge >= 0.3 is 0 Å². The number of thiophene rings is 1. The molecule has 0 saturated heterocycles. The Kier molecular flexibility index (Phi) is 9.57. The summed E-state index contributed by atoms with van der Waals surface area (Å²) in [5, 5.41) is 2.62. The largest absolute Gasteiger partial charge is 0.296 e. The van der Waals surface area contributed by atoms with Crippen LogP contribution in [0.5, 0.6) is 0 Å². The SMILES string of the molecule is CC1(C)c2ccccc2-c2c(-c3cccc4c3CN(C(C)(C)C)CC4)cc(N(c3ccc(-c4ccccc4)cc3)c3ccc(-c4ccc5c(c4)sc4ccccc45)n3-c3ccccc3)cc21. The van der Waals surface area contributed by atoms with Crippen molar-refractivity contribution in [2.75, 3.05) is 11.4 Å². The van der Waals surface area contributed by atoms with Crippen molar-refractivity contribution in [3.63, 3.8) is 0 Å². The standard InChI is InChI=1S/C62H53N3S/c1-61(2,3)63-36-35-43-19-16-24-48(53(43)40-63)52-38-47(39-55-60(52)51-23-12-14-25-54(51)62(55,4)5)64(46-30-27-42(28-31-46)41-17-8-6-9-18-41)59-34-33-56(65(59)45-20-10-7-11-21-45)44-29-32-50-49-22-13-15-26-57(49)66-58(50)37-44/h6-34,37-39H,35-36,40H2,1-5H3. The first-order chi connectivity index (χ1) is 32.1. The minimum absolute atomic E-state index is 0.0634. The number of rotatable bonds is 7. The fourth-order valence-electron chi connectivity index (χ4n) is 11.0. The van der Waals surface area contributed by atoms with Crippen LogP contribution in [0.15, 0.2) is 194 Å². The second-order valence-electron chi connectivity index (χ2n) is 19.7. The molecule has 0 unspecified atom stereocenters. The Morgan fingerprint density at radius 2 is 1.21 bits per heavy atom. The van der Waals surface area contributed by atoms with Gasteiger partial charge in [0.05, 0.1) is 5.69 Å². The Balaban J connectivity index is 1.13. The maximum atomic E-state index is 2.66. The number of aromatic nitrogens is 1. The van der Waals surface area contributed by atoms with Gasteiger partial charge in [-0.2, -0.15) is 0 Å². The number of fused-ring (bicyclic) bond motifs is 7. The van der Waals surface area contributed by atoms with Gasteiger partial charge in [-0.05, 0) is 143 Å². The Hall–Kier alpha value is -6.98. The molecule has 10 aromatic rings. The van der Waals surface area contributed by atoms with E-state index in [1.165, 1.54) is 81.4 Å². The third-order valence-corrected chi connectivity index (χ3v) is 15.6. The Morgan fingerprint density at radius 3 is 2.02 bits per heavy atom. The molecule has 3 nitrogen and oxygen atoms in total. The zero-order valence-electron chi connectivity index (χ0n) is 38.3. The Labute approximate surface area is 392 Å². The summed E-state index contributed by atoms with van der Waals surface area (Å²) in [6.45, 7) is 13.9. The molecule has 0 spiro atoms.